The van der Waals surface area contributed by atoms with Crippen LogP contribution in [-0.4, -0.2) is 28.7 Å². The molecular weight excluding hydrogens is 306 g/mol. The van der Waals surface area contributed by atoms with Gasteiger partial charge in [-0.05, 0) is 31.2 Å². The van der Waals surface area contributed by atoms with Crippen LogP contribution in [0.25, 0.3) is 0 Å². The molecule has 0 saturated heterocycles. The number of aromatic nitrogens is 1. The summed E-state index contributed by atoms with van der Waals surface area (Å²) in [5.41, 5.74) is 3.92. The van der Waals surface area contributed by atoms with Gasteiger partial charge in [0.1, 0.15) is 11.6 Å². The van der Waals surface area contributed by atoms with Crippen molar-refractivity contribution in [1.82, 2.24) is 10.4 Å². The minimum Gasteiger partial charge on any atom is -0.271 e. The number of benzene rings is 1. The van der Waals surface area contributed by atoms with E-state index in [9.17, 15) is 9.59 Å². The van der Waals surface area contributed by atoms with Crippen molar-refractivity contribution in [2.24, 2.45) is 16.1 Å². The first-order valence-corrected chi connectivity index (χ1v) is 7.35. The van der Waals surface area contributed by atoms with E-state index in [0.717, 1.165) is 0 Å². The summed E-state index contributed by atoms with van der Waals surface area (Å²) in [7, 11) is 0. The van der Waals surface area contributed by atoms with Gasteiger partial charge in [-0.3, -0.25) is 14.6 Å². The van der Waals surface area contributed by atoms with Gasteiger partial charge in [0.15, 0.2) is 0 Å². The quantitative estimate of drug-likeness (QED) is 0.688. The summed E-state index contributed by atoms with van der Waals surface area (Å²) in [6.45, 7) is 1.75. The number of nitrogens with one attached hydrogen (secondary N) is 1. The van der Waals surface area contributed by atoms with E-state index in [-0.39, 0.29) is 11.6 Å². The third kappa shape index (κ3) is 3.19. The fourth-order valence-electron chi connectivity index (χ4n) is 2.23. The smallest absolute Gasteiger partial charge is 0.271 e. The Morgan fingerprint density at radius 2 is 1.96 bits per heavy atom. The molecule has 0 fully saturated rings. The van der Waals surface area contributed by atoms with E-state index in [0.29, 0.717) is 11.4 Å². The van der Waals surface area contributed by atoms with Crippen LogP contribution in [0, 0.1) is 5.92 Å². The van der Waals surface area contributed by atoms with Crippen LogP contribution in [0.15, 0.2) is 64.9 Å². The molecule has 7 nitrogen and oxygen atoms in total. The standard InChI is InChI=1S/C17H15N5O2/c1-12-14(11-19-20-16(23)15-9-5-6-10-18-15)17(24)22(21-12)13-7-3-2-4-8-13/h2-11,14H,1H3,(H,20,23). The van der Waals surface area contributed by atoms with E-state index in [1.165, 1.54) is 17.4 Å². The number of hydrazone groups is 2. The Labute approximate surface area is 138 Å². The van der Waals surface area contributed by atoms with Crippen LogP contribution >= 0.6 is 0 Å². The van der Waals surface area contributed by atoms with Crippen molar-refractivity contribution < 1.29 is 9.59 Å². The maximum absolute atomic E-state index is 12.5. The summed E-state index contributed by atoms with van der Waals surface area (Å²) < 4.78 is 0. The minimum atomic E-state index is -0.603. The first kappa shape index (κ1) is 15.5. The van der Waals surface area contributed by atoms with Gasteiger partial charge < -0.3 is 0 Å². The van der Waals surface area contributed by atoms with Gasteiger partial charge in [-0.15, -0.1) is 0 Å². The van der Waals surface area contributed by atoms with Gasteiger partial charge in [0.25, 0.3) is 11.8 Å². The zero-order valence-electron chi connectivity index (χ0n) is 13.0. The minimum absolute atomic E-state index is 0.213. The number of carbonyl (C=O) groups is 2. The number of hydrogen-bond acceptors (Lipinski definition) is 5. The Bertz CT molecular complexity index is 802. The van der Waals surface area contributed by atoms with Crippen molar-refractivity contribution in [3.8, 4) is 0 Å². The Kier molecular flexibility index (Phi) is 4.42. The number of anilines is 1. The summed E-state index contributed by atoms with van der Waals surface area (Å²) in [6.07, 6.45) is 2.90. The number of carbonyl (C=O) groups excluding carboxylic acids is 2. The molecule has 0 saturated carbocycles. The molecule has 1 atom stereocenters. The Balaban J connectivity index is 1.67. The topological polar surface area (TPSA) is 87.0 Å². The van der Waals surface area contributed by atoms with Crippen LogP contribution in [0.4, 0.5) is 5.69 Å². The third-order valence-corrected chi connectivity index (χ3v) is 3.47. The number of nitrogens with zero attached hydrogens (tertiary/aromatic N) is 4. The SMILES string of the molecule is CC1=NN(c2ccccc2)C(=O)C1C=NNC(=O)c1ccccn1. The van der Waals surface area contributed by atoms with Crippen molar-refractivity contribution in [1.29, 1.82) is 0 Å². The zero-order chi connectivity index (χ0) is 16.9. The number of para-hydroxylation sites is 1. The van der Waals surface area contributed by atoms with Crippen molar-refractivity contribution in [2.75, 3.05) is 5.01 Å². The molecule has 7 heteroatoms. The average Bonchev–Trinajstić information content (AvgIpc) is 2.91. The van der Waals surface area contributed by atoms with Crippen LogP contribution in [0.3, 0.4) is 0 Å². The van der Waals surface area contributed by atoms with Crippen molar-refractivity contribution in [3.05, 3.63) is 60.4 Å². The Hall–Kier alpha value is -3.35. The van der Waals surface area contributed by atoms with Gasteiger partial charge in [0.2, 0.25) is 0 Å². The Morgan fingerprint density at radius 3 is 2.67 bits per heavy atom. The van der Waals surface area contributed by atoms with Crippen molar-refractivity contribution in [3.63, 3.8) is 0 Å². The van der Waals surface area contributed by atoms with Crippen LogP contribution in [-0.2, 0) is 4.79 Å². The van der Waals surface area contributed by atoms with E-state index in [1.54, 1.807) is 37.3 Å². The monoisotopic (exact) mass is 321 g/mol. The van der Waals surface area contributed by atoms with Gasteiger partial charge >= 0.3 is 0 Å². The van der Waals surface area contributed by atoms with Crippen LogP contribution in [0.1, 0.15) is 17.4 Å². The molecule has 0 aliphatic carbocycles. The van der Waals surface area contributed by atoms with Gasteiger partial charge in [-0.1, -0.05) is 24.3 Å². The zero-order valence-corrected chi connectivity index (χ0v) is 13.0. The number of hydrogen-bond donors (Lipinski definition) is 1. The van der Waals surface area contributed by atoms with Gasteiger partial charge in [0.05, 0.1) is 11.4 Å². The largest absolute Gasteiger partial charge is 0.289 e. The molecule has 0 radical (unpaired) electrons. The predicted octanol–water partition coefficient (Wildman–Crippen LogP) is 1.84. The molecule has 120 valence electrons. The fourth-order valence-corrected chi connectivity index (χ4v) is 2.23. The van der Waals surface area contributed by atoms with Crippen molar-refractivity contribution in [2.45, 2.75) is 6.92 Å². The van der Waals surface area contributed by atoms with Gasteiger partial charge in [0, 0.05) is 12.4 Å². The molecule has 1 aliphatic heterocycles. The lowest BCUT2D eigenvalue weighted by atomic mass is 10.1. The summed E-state index contributed by atoms with van der Waals surface area (Å²) in [4.78, 5) is 28.2. The molecule has 24 heavy (non-hydrogen) atoms. The molecule has 2 amide bonds. The number of rotatable bonds is 4. The highest BCUT2D eigenvalue weighted by molar-refractivity contribution is 6.23. The lowest BCUT2D eigenvalue weighted by Gasteiger charge is -2.12. The van der Waals surface area contributed by atoms with Crippen molar-refractivity contribution >= 4 is 29.4 Å². The molecule has 1 N–H and O–H groups in total. The summed E-state index contributed by atoms with van der Waals surface area (Å²) in [5, 5.41) is 9.47. The fraction of sp³-hybridized carbons (Fsp3) is 0.118. The molecule has 1 unspecified atom stereocenters. The summed E-state index contributed by atoms with van der Waals surface area (Å²) in [5.74, 6) is -1.25. The molecule has 1 aromatic heterocycles. The van der Waals surface area contributed by atoms with Gasteiger partial charge in [-0.25, -0.2) is 5.43 Å². The normalized spacial score (nSPS) is 17.2. The molecule has 2 heterocycles. The molecule has 2 aromatic rings. The van der Waals surface area contributed by atoms with Crippen LogP contribution in [0.5, 0.6) is 0 Å². The van der Waals surface area contributed by atoms with Crippen LogP contribution < -0.4 is 10.4 Å². The molecule has 0 spiro atoms. The predicted molar refractivity (Wildman–Crippen MR) is 90.7 cm³/mol. The number of pyridine rings is 1. The van der Waals surface area contributed by atoms with Crippen LogP contribution in [0.2, 0.25) is 0 Å². The maximum atomic E-state index is 12.5. The summed E-state index contributed by atoms with van der Waals surface area (Å²) in [6, 6.07) is 14.1. The van der Waals surface area contributed by atoms with E-state index < -0.39 is 11.8 Å². The molecule has 1 aliphatic rings. The molecule has 0 bridgehead atoms. The second kappa shape index (κ2) is 6.82. The third-order valence-electron chi connectivity index (χ3n) is 3.47. The molecule has 1 aromatic carbocycles. The molecule has 3 rings (SSSR count). The summed E-state index contributed by atoms with van der Waals surface area (Å²) >= 11 is 0. The first-order chi connectivity index (χ1) is 11.7. The lowest BCUT2D eigenvalue weighted by Crippen LogP contribution is -2.29. The maximum Gasteiger partial charge on any atom is 0.289 e. The average molecular weight is 321 g/mol. The highest BCUT2D eigenvalue weighted by Crippen LogP contribution is 2.22. The highest BCUT2D eigenvalue weighted by atomic mass is 16.2. The van der Waals surface area contributed by atoms with E-state index >= 15 is 0 Å². The van der Waals surface area contributed by atoms with Gasteiger partial charge in [-0.2, -0.15) is 15.2 Å². The van der Waals surface area contributed by atoms with E-state index in [1.807, 2.05) is 18.2 Å². The highest BCUT2D eigenvalue weighted by Gasteiger charge is 2.33. The second-order valence-corrected chi connectivity index (χ2v) is 5.14. The van der Waals surface area contributed by atoms with E-state index in [2.05, 4.69) is 20.6 Å². The molecular formula is C17H15N5O2. The number of amides is 2. The second-order valence-electron chi connectivity index (χ2n) is 5.14. The lowest BCUT2D eigenvalue weighted by molar-refractivity contribution is -0.118. The first-order valence-electron chi connectivity index (χ1n) is 7.35. The van der Waals surface area contributed by atoms with E-state index in [4.69, 9.17) is 0 Å². The Morgan fingerprint density at radius 1 is 1.21 bits per heavy atom.